The highest BCUT2D eigenvalue weighted by atomic mass is 16.5. The number of alkyl carbamates (subject to hydrolysis) is 1. The van der Waals surface area contributed by atoms with E-state index in [-0.39, 0.29) is 6.04 Å². The third-order valence-corrected chi connectivity index (χ3v) is 3.05. The number of hydrogen-bond donors (Lipinski definition) is 2. The molecule has 18 heavy (non-hydrogen) atoms. The molecule has 0 spiro atoms. The molecule has 2 rings (SSSR count). The van der Waals surface area contributed by atoms with Gasteiger partial charge in [0.15, 0.2) is 0 Å². The van der Waals surface area contributed by atoms with Gasteiger partial charge >= 0.3 is 6.09 Å². The van der Waals surface area contributed by atoms with Crippen molar-refractivity contribution >= 4 is 12.1 Å². The summed E-state index contributed by atoms with van der Waals surface area (Å²) in [5, 5.41) is 5.72. The summed E-state index contributed by atoms with van der Waals surface area (Å²) in [6.07, 6.45) is -0.508. The third kappa shape index (κ3) is 2.80. The summed E-state index contributed by atoms with van der Waals surface area (Å²) in [5.41, 5.74) is 1.25. The number of hydrogen-bond acceptors (Lipinski definition) is 4. The lowest BCUT2D eigenvalue weighted by atomic mass is 9.91. The van der Waals surface area contributed by atoms with Crippen LogP contribution in [0.4, 0.5) is 4.79 Å². The number of nitrogens with one attached hydrogen (secondary N) is 2. The van der Waals surface area contributed by atoms with E-state index < -0.39 is 6.09 Å². The van der Waals surface area contributed by atoms with Crippen molar-refractivity contribution < 1.29 is 9.53 Å². The minimum atomic E-state index is -0.508. The lowest BCUT2D eigenvalue weighted by Crippen LogP contribution is -2.50. The van der Waals surface area contributed by atoms with Crippen molar-refractivity contribution in [3.8, 4) is 0 Å². The molecular weight excluding hydrogens is 230 g/mol. The Morgan fingerprint density at radius 1 is 1.44 bits per heavy atom. The second kappa shape index (κ2) is 5.53. The van der Waals surface area contributed by atoms with Gasteiger partial charge in [-0.3, -0.25) is 10.3 Å². The molecule has 1 aliphatic heterocycles. The first-order valence-electron chi connectivity index (χ1n) is 5.91. The highest BCUT2D eigenvalue weighted by Crippen LogP contribution is 2.22. The second-order valence-electron chi connectivity index (χ2n) is 4.26. The molecule has 0 fully saturated rings. The first-order chi connectivity index (χ1) is 8.70. The number of nitrogens with zero attached hydrogens (tertiary/aromatic N) is 1. The molecule has 0 radical (unpaired) electrons. The molecule has 1 amide bonds. The average molecular weight is 247 g/mol. The van der Waals surface area contributed by atoms with E-state index in [9.17, 15) is 4.79 Å². The first-order valence-corrected chi connectivity index (χ1v) is 5.91. The number of amides is 1. The number of guanidine groups is 1. The Morgan fingerprint density at radius 2 is 2.17 bits per heavy atom. The lowest BCUT2D eigenvalue weighted by Gasteiger charge is -2.29. The topological polar surface area (TPSA) is 62.7 Å². The molecule has 1 aromatic carbocycles. The fraction of sp³-hybridized carbons (Fsp3) is 0.385. The lowest BCUT2D eigenvalue weighted by molar-refractivity contribution is 0.176. The molecule has 0 saturated carbocycles. The first kappa shape index (κ1) is 12.4. The van der Waals surface area contributed by atoms with Crippen molar-refractivity contribution in [2.75, 3.05) is 13.7 Å². The largest absolute Gasteiger partial charge is 0.453 e. The number of carbonyl (C=O) groups excluding carboxylic acids is 1. The van der Waals surface area contributed by atoms with Gasteiger partial charge in [0.05, 0.1) is 13.7 Å². The molecule has 0 bridgehead atoms. The zero-order chi connectivity index (χ0) is 13.0. The zero-order valence-corrected chi connectivity index (χ0v) is 10.5. The van der Waals surface area contributed by atoms with E-state index in [1.807, 2.05) is 18.2 Å². The van der Waals surface area contributed by atoms with E-state index in [2.05, 4.69) is 39.4 Å². The van der Waals surface area contributed by atoms with E-state index in [4.69, 9.17) is 0 Å². The molecule has 96 valence electrons. The molecule has 1 heterocycles. The normalized spacial score (nSPS) is 22.7. The Kier molecular flexibility index (Phi) is 3.82. The van der Waals surface area contributed by atoms with Gasteiger partial charge in [-0.25, -0.2) is 4.79 Å². The van der Waals surface area contributed by atoms with E-state index in [0.29, 0.717) is 18.4 Å². The molecule has 2 atom stereocenters. The zero-order valence-electron chi connectivity index (χ0n) is 10.5. The number of rotatable bonds is 1. The molecule has 1 aromatic rings. The highest BCUT2D eigenvalue weighted by Gasteiger charge is 2.24. The summed E-state index contributed by atoms with van der Waals surface area (Å²) in [7, 11) is 1.33. The van der Waals surface area contributed by atoms with Crippen molar-refractivity contribution in [1.82, 2.24) is 10.6 Å². The van der Waals surface area contributed by atoms with Gasteiger partial charge in [0.1, 0.15) is 0 Å². The molecule has 5 heteroatoms. The van der Waals surface area contributed by atoms with Gasteiger partial charge in [0.2, 0.25) is 5.96 Å². The van der Waals surface area contributed by atoms with Gasteiger partial charge in [-0.05, 0) is 12.5 Å². The number of methoxy groups -OCH3 is 1. The third-order valence-electron chi connectivity index (χ3n) is 3.05. The van der Waals surface area contributed by atoms with Crippen LogP contribution in [0.25, 0.3) is 0 Å². The minimum Gasteiger partial charge on any atom is -0.453 e. The summed E-state index contributed by atoms with van der Waals surface area (Å²) in [6.45, 7) is 2.73. The monoisotopic (exact) mass is 247 g/mol. The van der Waals surface area contributed by atoms with Crippen LogP contribution in [0.15, 0.2) is 35.3 Å². The number of ether oxygens (including phenoxy) is 1. The van der Waals surface area contributed by atoms with E-state index >= 15 is 0 Å². The van der Waals surface area contributed by atoms with Crippen LogP contribution in [0.5, 0.6) is 0 Å². The smallest absolute Gasteiger partial charge is 0.413 e. The molecule has 5 nitrogen and oxygen atoms in total. The van der Waals surface area contributed by atoms with Gasteiger partial charge in [-0.15, -0.1) is 0 Å². The Labute approximate surface area is 106 Å². The van der Waals surface area contributed by atoms with Crippen molar-refractivity contribution in [3.05, 3.63) is 35.9 Å². The van der Waals surface area contributed by atoms with Crippen molar-refractivity contribution in [3.63, 3.8) is 0 Å². The number of carbonyl (C=O) groups is 1. The van der Waals surface area contributed by atoms with Crippen molar-refractivity contribution in [2.24, 2.45) is 4.99 Å². The summed E-state index contributed by atoms with van der Waals surface area (Å²) in [6, 6.07) is 10.4. The van der Waals surface area contributed by atoms with Crippen LogP contribution in [0.1, 0.15) is 18.4 Å². The Bertz CT molecular complexity index is 445. The predicted molar refractivity (Wildman–Crippen MR) is 69.6 cm³/mol. The van der Waals surface area contributed by atoms with Crippen LogP contribution in [0.3, 0.4) is 0 Å². The minimum absolute atomic E-state index is 0.206. The van der Waals surface area contributed by atoms with Crippen molar-refractivity contribution in [2.45, 2.75) is 18.9 Å². The maximum atomic E-state index is 11.1. The Hall–Kier alpha value is -2.04. The number of aliphatic imine (C=N–C) groups is 1. The van der Waals surface area contributed by atoms with Gasteiger partial charge in [0.25, 0.3) is 0 Å². The molecular formula is C13H17N3O2. The van der Waals surface area contributed by atoms with Crippen molar-refractivity contribution in [1.29, 1.82) is 0 Å². The van der Waals surface area contributed by atoms with Gasteiger partial charge in [-0.1, -0.05) is 30.3 Å². The maximum absolute atomic E-state index is 11.1. The standard InChI is InChI=1S/C13H17N3O2/c1-9-11(10-6-4-3-5-7-10)8-14-12(15-9)16-13(17)18-2/h3-7,9,11H,8H2,1-2H3,(H2,14,15,16,17). The molecule has 2 unspecified atom stereocenters. The van der Waals surface area contributed by atoms with Crippen LogP contribution in [-0.4, -0.2) is 31.7 Å². The summed E-state index contributed by atoms with van der Waals surface area (Å²) >= 11 is 0. The average Bonchev–Trinajstić information content (AvgIpc) is 2.40. The van der Waals surface area contributed by atoms with Gasteiger partial charge in [0, 0.05) is 12.0 Å². The van der Waals surface area contributed by atoms with Crippen LogP contribution < -0.4 is 10.6 Å². The fourth-order valence-electron chi connectivity index (χ4n) is 2.03. The molecule has 0 saturated heterocycles. The highest BCUT2D eigenvalue weighted by molar-refractivity contribution is 5.94. The van der Waals surface area contributed by atoms with Crippen LogP contribution >= 0.6 is 0 Å². The summed E-state index contributed by atoms with van der Waals surface area (Å²) in [4.78, 5) is 15.4. The number of benzene rings is 1. The molecule has 0 aromatic heterocycles. The van der Waals surface area contributed by atoms with Gasteiger partial charge in [-0.2, -0.15) is 0 Å². The van der Waals surface area contributed by atoms with E-state index in [1.54, 1.807) is 0 Å². The molecule has 1 aliphatic rings. The summed E-state index contributed by atoms with van der Waals surface area (Å²) < 4.78 is 4.53. The second-order valence-corrected chi connectivity index (χ2v) is 4.26. The SMILES string of the molecule is COC(=O)NC1=NCC(c2ccccc2)C(C)N1. The van der Waals surface area contributed by atoms with Crippen LogP contribution in [0, 0.1) is 0 Å². The van der Waals surface area contributed by atoms with E-state index in [1.165, 1.54) is 12.7 Å². The van der Waals surface area contributed by atoms with Gasteiger partial charge < -0.3 is 10.1 Å². The van der Waals surface area contributed by atoms with E-state index in [0.717, 1.165) is 0 Å². The maximum Gasteiger partial charge on any atom is 0.413 e. The Balaban J connectivity index is 2.05. The fourth-order valence-corrected chi connectivity index (χ4v) is 2.03. The van der Waals surface area contributed by atoms with Crippen LogP contribution in [0.2, 0.25) is 0 Å². The summed E-state index contributed by atoms with van der Waals surface area (Å²) in [5.74, 6) is 0.788. The molecule has 2 N–H and O–H groups in total. The predicted octanol–water partition coefficient (Wildman–Crippen LogP) is 1.47. The molecule has 0 aliphatic carbocycles. The van der Waals surface area contributed by atoms with Crippen LogP contribution in [-0.2, 0) is 4.74 Å². The Morgan fingerprint density at radius 3 is 2.78 bits per heavy atom. The quantitative estimate of drug-likeness (QED) is 0.790.